The molecule has 0 bridgehead atoms. The molecular formula is C21H24N2O4S. The Kier molecular flexibility index (Phi) is 5.62. The van der Waals surface area contributed by atoms with E-state index in [2.05, 4.69) is 11.9 Å². The average molecular weight is 401 g/mol. The summed E-state index contributed by atoms with van der Waals surface area (Å²) in [4.78, 5) is 31.0. The van der Waals surface area contributed by atoms with Crippen LogP contribution in [-0.2, 0) is 20.7 Å². The Morgan fingerprint density at radius 2 is 2.18 bits per heavy atom. The largest absolute Gasteiger partial charge is 0.482 e. The van der Waals surface area contributed by atoms with E-state index >= 15 is 0 Å². The van der Waals surface area contributed by atoms with E-state index in [4.69, 9.17) is 9.47 Å². The number of amides is 1. The number of hydrogen-bond acceptors (Lipinski definition) is 6. The molecule has 1 amide bonds. The lowest BCUT2D eigenvalue weighted by Gasteiger charge is -2.29. The Hall–Kier alpha value is -2.41. The second kappa shape index (κ2) is 8.31. The molecule has 0 unspecified atom stereocenters. The highest BCUT2D eigenvalue weighted by atomic mass is 32.1. The highest BCUT2D eigenvalue weighted by Gasteiger charge is 2.29. The van der Waals surface area contributed by atoms with Crippen LogP contribution in [0.5, 0.6) is 5.75 Å². The number of benzene rings is 1. The average Bonchev–Trinajstić information content (AvgIpc) is 3.36. The summed E-state index contributed by atoms with van der Waals surface area (Å²) in [5, 5.41) is 3.12. The van der Waals surface area contributed by atoms with Gasteiger partial charge in [0.15, 0.2) is 6.61 Å². The van der Waals surface area contributed by atoms with E-state index in [9.17, 15) is 9.59 Å². The monoisotopic (exact) mass is 400 g/mol. The summed E-state index contributed by atoms with van der Waals surface area (Å²) in [6.45, 7) is 1.97. The van der Waals surface area contributed by atoms with Gasteiger partial charge in [0.1, 0.15) is 18.4 Å². The van der Waals surface area contributed by atoms with E-state index in [1.807, 2.05) is 23.6 Å². The van der Waals surface area contributed by atoms with Crippen LogP contribution in [0.15, 0.2) is 23.6 Å². The summed E-state index contributed by atoms with van der Waals surface area (Å²) in [7, 11) is 0. The zero-order valence-electron chi connectivity index (χ0n) is 16.0. The van der Waals surface area contributed by atoms with Crippen molar-refractivity contribution in [3.05, 3.63) is 28.6 Å². The van der Waals surface area contributed by atoms with Crippen LogP contribution >= 0.6 is 11.3 Å². The van der Waals surface area contributed by atoms with E-state index in [0.29, 0.717) is 11.4 Å². The lowest BCUT2D eigenvalue weighted by molar-refractivity contribution is -0.147. The van der Waals surface area contributed by atoms with Gasteiger partial charge in [0, 0.05) is 10.9 Å². The number of aryl methyl sites for hydroxylation is 1. The number of thiazole rings is 1. The van der Waals surface area contributed by atoms with Gasteiger partial charge in [-0.15, -0.1) is 11.3 Å². The summed E-state index contributed by atoms with van der Waals surface area (Å²) < 4.78 is 11.1. The summed E-state index contributed by atoms with van der Waals surface area (Å²) in [6.07, 6.45) is 6.00. The van der Waals surface area contributed by atoms with Gasteiger partial charge in [-0.25, -0.2) is 4.98 Å². The third-order valence-electron chi connectivity index (χ3n) is 5.10. The number of aromatic nitrogens is 1. The maximum absolute atomic E-state index is 12.4. The second-order valence-electron chi connectivity index (χ2n) is 7.22. The summed E-state index contributed by atoms with van der Waals surface area (Å²) in [5.41, 5.74) is 2.38. The normalized spacial score (nSPS) is 16.8. The number of anilines is 1. The quantitative estimate of drug-likeness (QED) is 0.686. The lowest BCUT2D eigenvalue weighted by Crippen LogP contribution is -2.43. The predicted molar refractivity (Wildman–Crippen MR) is 108 cm³/mol. The molecule has 4 rings (SSSR count). The number of esters is 1. The molecule has 28 heavy (non-hydrogen) atoms. The molecule has 1 aromatic carbocycles. The van der Waals surface area contributed by atoms with Crippen LogP contribution in [0.25, 0.3) is 11.3 Å². The molecule has 1 fully saturated rings. The van der Waals surface area contributed by atoms with Crippen molar-refractivity contribution >= 4 is 28.9 Å². The standard InChI is InChI=1S/C21H24N2O4S/c1-2-5-19-22-16(13-28-19)14-8-9-18-17(10-14)23(20(24)12-26-18)11-21(25)27-15-6-3-4-7-15/h8-10,13,15H,2-7,11-12H2,1H3. The Bertz CT molecular complexity index is 873. The summed E-state index contributed by atoms with van der Waals surface area (Å²) >= 11 is 1.64. The van der Waals surface area contributed by atoms with Crippen molar-refractivity contribution in [3.63, 3.8) is 0 Å². The number of ether oxygens (including phenoxy) is 2. The SMILES string of the molecule is CCCc1nc(-c2ccc3c(c2)N(CC(=O)OC2CCCC2)C(=O)CO3)cs1. The molecule has 0 N–H and O–H groups in total. The molecular weight excluding hydrogens is 376 g/mol. The van der Waals surface area contributed by atoms with Crippen LogP contribution in [0.1, 0.15) is 44.0 Å². The van der Waals surface area contributed by atoms with Gasteiger partial charge >= 0.3 is 5.97 Å². The number of carbonyl (C=O) groups excluding carboxylic acids is 2. The molecule has 2 aliphatic rings. The molecule has 0 radical (unpaired) electrons. The van der Waals surface area contributed by atoms with Crippen LogP contribution in [0, 0.1) is 0 Å². The van der Waals surface area contributed by atoms with Crippen LogP contribution in [-0.4, -0.2) is 36.1 Å². The highest BCUT2D eigenvalue weighted by Crippen LogP contribution is 2.36. The molecule has 0 spiro atoms. The van der Waals surface area contributed by atoms with E-state index in [1.54, 1.807) is 11.3 Å². The maximum atomic E-state index is 12.4. The first-order valence-corrected chi connectivity index (χ1v) is 10.7. The van der Waals surface area contributed by atoms with Gasteiger partial charge in [0.2, 0.25) is 0 Å². The number of carbonyl (C=O) groups is 2. The van der Waals surface area contributed by atoms with Gasteiger partial charge in [0.05, 0.1) is 16.4 Å². The molecule has 0 saturated heterocycles. The van der Waals surface area contributed by atoms with Crippen LogP contribution < -0.4 is 9.64 Å². The first kappa shape index (κ1) is 18.9. The fourth-order valence-corrected chi connectivity index (χ4v) is 4.57. The Balaban J connectivity index is 1.55. The minimum absolute atomic E-state index is 0.0126. The van der Waals surface area contributed by atoms with Crippen LogP contribution in [0.3, 0.4) is 0 Å². The zero-order chi connectivity index (χ0) is 19.5. The number of rotatable bonds is 6. The van der Waals surface area contributed by atoms with Crippen molar-refractivity contribution < 1.29 is 19.1 Å². The Labute approximate surface area is 168 Å². The Morgan fingerprint density at radius 1 is 1.36 bits per heavy atom. The summed E-state index contributed by atoms with van der Waals surface area (Å²) in [6, 6.07) is 5.65. The fourth-order valence-electron chi connectivity index (χ4n) is 3.67. The molecule has 2 aromatic rings. The topological polar surface area (TPSA) is 68.7 Å². The van der Waals surface area contributed by atoms with Crippen molar-refractivity contribution in [2.45, 2.75) is 51.6 Å². The zero-order valence-corrected chi connectivity index (χ0v) is 16.8. The molecule has 1 saturated carbocycles. The molecule has 2 heterocycles. The Morgan fingerprint density at radius 3 is 2.96 bits per heavy atom. The first-order valence-electron chi connectivity index (χ1n) is 9.85. The number of nitrogens with zero attached hydrogens (tertiary/aromatic N) is 2. The van der Waals surface area contributed by atoms with Gasteiger partial charge in [-0.1, -0.05) is 6.92 Å². The molecule has 0 atom stereocenters. The highest BCUT2D eigenvalue weighted by molar-refractivity contribution is 7.09. The van der Waals surface area contributed by atoms with Gasteiger partial charge in [0.25, 0.3) is 5.91 Å². The van der Waals surface area contributed by atoms with Crippen LogP contribution in [0.4, 0.5) is 5.69 Å². The predicted octanol–water partition coefficient (Wildman–Crippen LogP) is 3.97. The molecule has 1 aliphatic heterocycles. The van der Waals surface area contributed by atoms with Gasteiger partial charge in [-0.3, -0.25) is 14.5 Å². The summed E-state index contributed by atoms with van der Waals surface area (Å²) in [5.74, 6) is -0.00334. The van der Waals surface area contributed by atoms with E-state index < -0.39 is 0 Å². The van der Waals surface area contributed by atoms with Crippen molar-refractivity contribution in [3.8, 4) is 17.0 Å². The number of fused-ring (bicyclic) bond motifs is 1. The molecule has 1 aromatic heterocycles. The van der Waals surface area contributed by atoms with E-state index in [1.165, 1.54) is 4.90 Å². The molecule has 6 nitrogen and oxygen atoms in total. The first-order chi connectivity index (χ1) is 13.6. The maximum Gasteiger partial charge on any atom is 0.326 e. The van der Waals surface area contributed by atoms with Crippen molar-refractivity contribution in [2.75, 3.05) is 18.1 Å². The van der Waals surface area contributed by atoms with Crippen molar-refractivity contribution in [2.24, 2.45) is 0 Å². The molecule has 7 heteroatoms. The minimum Gasteiger partial charge on any atom is -0.482 e. The number of hydrogen-bond donors (Lipinski definition) is 0. The van der Waals surface area contributed by atoms with E-state index in [-0.39, 0.29) is 31.1 Å². The minimum atomic E-state index is -0.364. The van der Waals surface area contributed by atoms with Crippen molar-refractivity contribution in [1.82, 2.24) is 4.98 Å². The third-order valence-corrected chi connectivity index (χ3v) is 6.01. The van der Waals surface area contributed by atoms with Crippen molar-refractivity contribution in [1.29, 1.82) is 0 Å². The van der Waals surface area contributed by atoms with Crippen LogP contribution in [0.2, 0.25) is 0 Å². The fraction of sp³-hybridized carbons (Fsp3) is 0.476. The van der Waals surface area contributed by atoms with E-state index in [0.717, 1.165) is 54.8 Å². The van der Waals surface area contributed by atoms with Gasteiger partial charge in [-0.2, -0.15) is 0 Å². The second-order valence-corrected chi connectivity index (χ2v) is 8.17. The van der Waals surface area contributed by atoms with Gasteiger partial charge in [-0.05, 0) is 56.7 Å². The van der Waals surface area contributed by atoms with Gasteiger partial charge < -0.3 is 9.47 Å². The third kappa shape index (κ3) is 4.04. The lowest BCUT2D eigenvalue weighted by atomic mass is 10.1. The molecule has 1 aliphatic carbocycles. The molecule has 148 valence electrons. The smallest absolute Gasteiger partial charge is 0.326 e.